The number of likely N-dealkylation sites (N-methyl/N-ethyl adjacent to an activating group) is 1. The van der Waals surface area contributed by atoms with Crippen LogP contribution < -0.4 is 10.1 Å². The topological polar surface area (TPSA) is 21.3 Å². The predicted molar refractivity (Wildman–Crippen MR) is 63.9 cm³/mol. The molecule has 0 aromatic heterocycles. The average molecular weight is 321 g/mol. The standard InChI is InChI=1S/C10H11Br2NO/c1-13-8-3-6-2-7(11)4-9(12)10(6)14-5-8/h2,4,8,13H,3,5H2,1H3. The Balaban J connectivity index is 2.37. The summed E-state index contributed by atoms with van der Waals surface area (Å²) >= 11 is 6.98. The lowest BCUT2D eigenvalue weighted by atomic mass is 10.0. The summed E-state index contributed by atoms with van der Waals surface area (Å²) in [5.74, 6) is 0.986. The molecule has 1 aliphatic heterocycles. The summed E-state index contributed by atoms with van der Waals surface area (Å²) in [7, 11) is 1.96. The fraction of sp³-hybridized carbons (Fsp3) is 0.400. The molecule has 0 fully saturated rings. The molecule has 0 saturated carbocycles. The van der Waals surface area contributed by atoms with E-state index in [1.807, 2.05) is 13.1 Å². The third kappa shape index (κ3) is 1.97. The van der Waals surface area contributed by atoms with Crippen molar-refractivity contribution in [3.8, 4) is 5.75 Å². The number of halogens is 2. The minimum absolute atomic E-state index is 0.420. The largest absolute Gasteiger partial charge is 0.490 e. The van der Waals surface area contributed by atoms with E-state index in [1.165, 1.54) is 5.56 Å². The molecule has 0 saturated heterocycles. The lowest BCUT2D eigenvalue weighted by Crippen LogP contribution is -2.36. The van der Waals surface area contributed by atoms with E-state index >= 15 is 0 Å². The van der Waals surface area contributed by atoms with Crippen LogP contribution in [-0.2, 0) is 6.42 Å². The van der Waals surface area contributed by atoms with Gasteiger partial charge in [0.2, 0.25) is 0 Å². The molecule has 1 atom stereocenters. The smallest absolute Gasteiger partial charge is 0.136 e. The van der Waals surface area contributed by atoms with Gasteiger partial charge in [0.15, 0.2) is 0 Å². The highest BCUT2D eigenvalue weighted by molar-refractivity contribution is 9.11. The number of fused-ring (bicyclic) bond motifs is 1. The molecule has 1 heterocycles. The van der Waals surface area contributed by atoms with Crippen LogP contribution in [0.15, 0.2) is 21.1 Å². The molecule has 1 aliphatic rings. The van der Waals surface area contributed by atoms with Crippen molar-refractivity contribution in [2.45, 2.75) is 12.5 Å². The molecular formula is C10H11Br2NO. The quantitative estimate of drug-likeness (QED) is 0.859. The van der Waals surface area contributed by atoms with Crippen LogP contribution in [0.5, 0.6) is 5.75 Å². The van der Waals surface area contributed by atoms with Gasteiger partial charge in [-0.1, -0.05) is 15.9 Å². The third-order valence-corrected chi connectivity index (χ3v) is 3.44. The number of nitrogens with one attached hydrogen (secondary N) is 1. The van der Waals surface area contributed by atoms with Crippen molar-refractivity contribution < 1.29 is 4.74 Å². The Kier molecular flexibility index (Phi) is 3.14. The molecule has 1 N–H and O–H groups in total. The van der Waals surface area contributed by atoms with Crippen LogP contribution in [0.2, 0.25) is 0 Å². The van der Waals surface area contributed by atoms with E-state index in [0.717, 1.165) is 27.7 Å². The second kappa shape index (κ2) is 4.21. The number of rotatable bonds is 1. The number of benzene rings is 1. The second-order valence-electron chi connectivity index (χ2n) is 3.38. The van der Waals surface area contributed by atoms with Crippen molar-refractivity contribution in [1.29, 1.82) is 0 Å². The summed E-state index contributed by atoms with van der Waals surface area (Å²) in [6, 6.07) is 4.55. The van der Waals surface area contributed by atoms with Crippen LogP contribution in [0.1, 0.15) is 5.56 Å². The van der Waals surface area contributed by atoms with E-state index in [4.69, 9.17) is 4.74 Å². The summed E-state index contributed by atoms with van der Waals surface area (Å²) in [4.78, 5) is 0. The highest BCUT2D eigenvalue weighted by Gasteiger charge is 2.20. The molecule has 14 heavy (non-hydrogen) atoms. The Morgan fingerprint density at radius 2 is 2.21 bits per heavy atom. The van der Waals surface area contributed by atoms with Crippen molar-refractivity contribution in [2.24, 2.45) is 0 Å². The minimum Gasteiger partial charge on any atom is -0.490 e. The lowest BCUT2D eigenvalue weighted by molar-refractivity contribution is 0.244. The van der Waals surface area contributed by atoms with Crippen molar-refractivity contribution in [2.75, 3.05) is 13.7 Å². The first-order chi connectivity index (χ1) is 6.70. The molecule has 76 valence electrons. The van der Waals surface area contributed by atoms with Gasteiger partial charge in [0.25, 0.3) is 0 Å². The number of hydrogen-bond donors (Lipinski definition) is 1. The summed E-state index contributed by atoms with van der Waals surface area (Å²) in [5, 5.41) is 3.23. The zero-order chi connectivity index (χ0) is 10.1. The van der Waals surface area contributed by atoms with Crippen molar-refractivity contribution in [3.63, 3.8) is 0 Å². The molecule has 1 aromatic carbocycles. The molecule has 1 unspecified atom stereocenters. The Hall–Kier alpha value is -0.0600. The summed E-state index contributed by atoms with van der Waals surface area (Å²) in [6.07, 6.45) is 1.02. The number of hydrogen-bond acceptors (Lipinski definition) is 2. The van der Waals surface area contributed by atoms with Gasteiger partial charge in [-0.05, 0) is 47.1 Å². The fourth-order valence-corrected chi connectivity index (χ4v) is 3.05. The van der Waals surface area contributed by atoms with Crippen molar-refractivity contribution in [1.82, 2.24) is 5.32 Å². The van der Waals surface area contributed by atoms with E-state index in [-0.39, 0.29) is 0 Å². The third-order valence-electron chi connectivity index (χ3n) is 2.39. The predicted octanol–water partition coefficient (Wildman–Crippen LogP) is 2.73. The van der Waals surface area contributed by atoms with Gasteiger partial charge >= 0.3 is 0 Å². The van der Waals surface area contributed by atoms with Gasteiger partial charge in [-0.3, -0.25) is 0 Å². The van der Waals surface area contributed by atoms with Gasteiger partial charge in [0.05, 0.1) is 4.47 Å². The zero-order valence-corrected chi connectivity index (χ0v) is 11.0. The highest BCUT2D eigenvalue weighted by atomic mass is 79.9. The van der Waals surface area contributed by atoms with E-state index in [9.17, 15) is 0 Å². The van der Waals surface area contributed by atoms with E-state index in [1.54, 1.807) is 0 Å². The monoisotopic (exact) mass is 319 g/mol. The highest BCUT2D eigenvalue weighted by Crippen LogP contribution is 2.35. The maximum atomic E-state index is 5.68. The first kappa shape index (κ1) is 10.5. The Morgan fingerprint density at radius 3 is 2.93 bits per heavy atom. The summed E-state index contributed by atoms with van der Waals surface area (Å²) < 4.78 is 7.79. The fourth-order valence-electron chi connectivity index (χ4n) is 1.62. The molecule has 0 amide bonds. The average Bonchev–Trinajstić information content (AvgIpc) is 2.16. The summed E-state index contributed by atoms with van der Waals surface area (Å²) in [6.45, 7) is 0.740. The van der Waals surface area contributed by atoms with Crippen LogP contribution in [0.3, 0.4) is 0 Å². The first-order valence-corrected chi connectivity index (χ1v) is 6.07. The molecule has 1 aromatic rings. The molecule has 0 aliphatic carbocycles. The zero-order valence-electron chi connectivity index (χ0n) is 7.81. The second-order valence-corrected chi connectivity index (χ2v) is 5.15. The molecule has 2 nitrogen and oxygen atoms in total. The van der Waals surface area contributed by atoms with Crippen LogP contribution in [0.25, 0.3) is 0 Å². The van der Waals surface area contributed by atoms with Crippen LogP contribution in [0, 0.1) is 0 Å². The first-order valence-electron chi connectivity index (χ1n) is 4.48. The molecular weight excluding hydrogens is 310 g/mol. The SMILES string of the molecule is CNC1COc2c(Br)cc(Br)cc2C1. The minimum atomic E-state index is 0.420. The van der Waals surface area contributed by atoms with Gasteiger partial charge in [-0.25, -0.2) is 0 Å². The Bertz CT molecular complexity index is 354. The lowest BCUT2D eigenvalue weighted by Gasteiger charge is -2.25. The van der Waals surface area contributed by atoms with Crippen LogP contribution in [-0.4, -0.2) is 19.7 Å². The van der Waals surface area contributed by atoms with Crippen molar-refractivity contribution >= 4 is 31.9 Å². The Morgan fingerprint density at radius 1 is 1.43 bits per heavy atom. The molecule has 0 spiro atoms. The Labute approximate surface area is 100 Å². The van der Waals surface area contributed by atoms with Crippen LogP contribution in [0.4, 0.5) is 0 Å². The maximum Gasteiger partial charge on any atom is 0.136 e. The molecule has 4 heteroatoms. The van der Waals surface area contributed by atoms with E-state index < -0.39 is 0 Å². The van der Waals surface area contributed by atoms with Crippen LogP contribution >= 0.6 is 31.9 Å². The maximum absolute atomic E-state index is 5.68. The normalized spacial score (nSPS) is 20.1. The van der Waals surface area contributed by atoms with Gasteiger partial charge in [-0.2, -0.15) is 0 Å². The molecule has 0 radical (unpaired) electrons. The van der Waals surface area contributed by atoms with E-state index in [0.29, 0.717) is 6.04 Å². The van der Waals surface area contributed by atoms with Crippen molar-refractivity contribution in [3.05, 3.63) is 26.6 Å². The van der Waals surface area contributed by atoms with Gasteiger partial charge in [-0.15, -0.1) is 0 Å². The van der Waals surface area contributed by atoms with Gasteiger partial charge < -0.3 is 10.1 Å². The van der Waals surface area contributed by atoms with Gasteiger partial charge in [0, 0.05) is 10.5 Å². The number of ether oxygens (including phenoxy) is 1. The van der Waals surface area contributed by atoms with Gasteiger partial charge in [0.1, 0.15) is 12.4 Å². The molecule has 2 rings (SSSR count). The summed E-state index contributed by atoms with van der Waals surface area (Å²) in [5.41, 5.74) is 1.25. The molecule has 0 bridgehead atoms. The van der Waals surface area contributed by atoms with E-state index in [2.05, 4.69) is 43.2 Å².